The number of aryl methyl sites for hydroxylation is 2. The molecule has 1 fully saturated rings. The lowest BCUT2D eigenvalue weighted by Crippen LogP contribution is -2.54. The highest BCUT2D eigenvalue weighted by Crippen LogP contribution is 2.40. The van der Waals surface area contributed by atoms with Gasteiger partial charge in [0, 0.05) is 12.7 Å². The second-order valence-corrected chi connectivity index (χ2v) is 5.41. The Morgan fingerprint density at radius 3 is 2.37 bits per heavy atom. The van der Waals surface area contributed by atoms with E-state index in [1.807, 2.05) is 0 Å². The SMILES string of the molecule is Cc1nn(C)c(C)c1C(=O)NC(C)(C(=O)O)C1CC1. The number of hydrogen-bond acceptors (Lipinski definition) is 3. The molecule has 0 aliphatic heterocycles. The van der Waals surface area contributed by atoms with Gasteiger partial charge < -0.3 is 10.4 Å². The van der Waals surface area contributed by atoms with Crippen LogP contribution in [0.1, 0.15) is 41.5 Å². The first-order valence-corrected chi connectivity index (χ1v) is 6.33. The molecule has 1 saturated carbocycles. The predicted octanol–water partition coefficient (Wildman–Crippen LogP) is 1.02. The Bertz CT molecular complexity index is 546. The van der Waals surface area contributed by atoms with E-state index in [9.17, 15) is 14.7 Å². The minimum Gasteiger partial charge on any atom is -0.480 e. The van der Waals surface area contributed by atoms with E-state index in [4.69, 9.17) is 0 Å². The molecule has 0 aromatic carbocycles. The van der Waals surface area contributed by atoms with Crippen molar-refractivity contribution < 1.29 is 14.7 Å². The topological polar surface area (TPSA) is 84.2 Å². The second-order valence-electron chi connectivity index (χ2n) is 5.41. The van der Waals surface area contributed by atoms with Gasteiger partial charge in [0.2, 0.25) is 0 Å². The van der Waals surface area contributed by atoms with E-state index in [1.54, 1.807) is 32.5 Å². The predicted molar refractivity (Wildman–Crippen MR) is 68.9 cm³/mol. The van der Waals surface area contributed by atoms with Gasteiger partial charge in [0.25, 0.3) is 5.91 Å². The van der Waals surface area contributed by atoms with Crippen LogP contribution in [0.3, 0.4) is 0 Å². The number of amides is 1. The van der Waals surface area contributed by atoms with E-state index < -0.39 is 11.5 Å². The van der Waals surface area contributed by atoms with E-state index in [0.717, 1.165) is 18.5 Å². The number of carboxylic acid groups (broad SMARTS) is 1. The van der Waals surface area contributed by atoms with Crippen LogP contribution in [0.25, 0.3) is 0 Å². The molecule has 2 N–H and O–H groups in total. The zero-order valence-corrected chi connectivity index (χ0v) is 11.6. The number of nitrogens with zero attached hydrogens (tertiary/aromatic N) is 2. The monoisotopic (exact) mass is 265 g/mol. The molecule has 0 bridgehead atoms. The van der Waals surface area contributed by atoms with Crippen LogP contribution in [0.4, 0.5) is 0 Å². The standard InChI is InChI=1S/C13H19N3O3/c1-7-10(8(2)16(4)15-7)11(17)14-13(3,12(18)19)9-5-6-9/h9H,5-6H2,1-4H3,(H,14,17)(H,18,19). The van der Waals surface area contributed by atoms with Crippen LogP contribution >= 0.6 is 0 Å². The normalized spacial score (nSPS) is 17.9. The fourth-order valence-corrected chi connectivity index (χ4v) is 2.39. The summed E-state index contributed by atoms with van der Waals surface area (Å²) in [6, 6.07) is 0. The molecular formula is C13H19N3O3. The van der Waals surface area contributed by atoms with Crippen LogP contribution in [-0.4, -0.2) is 32.3 Å². The molecule has 2 rings (SSSR count). The summed E-state index contributed by atoms with van der Waals surface area (Å²) in [5.74, 6) is -1.33. The average Bonchev–Trinajstić information content (AvgIpc) is 3.08. The van der Waals surface area contributed by atoms with Gasteiger partial charge in [0.05, 0.1) is 11.3 Å². The first kappa shape index (κ1) is 13.6. The molecule has 1 aliphatic carbocycles. The van der Waals surface area contributed by atoms with Gasteiger partial charge in [-0.1, -0.05) is 0 Å². The van der Waals surface area contributed by atoms with E-state index in [-0.39, 0.29) is 11.8 Å². The molecule has 1 heterocycles. The summed E-state index contributed by atoms with van der Waals surface area (Å²) >= 11 is 0. The quantitative estimate of drug-likeness (QED) is 0.851. The molecule has 1 amide bonds. The van der Waals surface area contributed by atoms with Crippen LogP contribution in [0.5, 0.6) is 0 Å². The minimum atomic E-state index is -1.19. The Morgan fingerprint density at radius 2 is 2.00 bits per heavy atom. The molecule has 6 nitrogen and oxygen atoms in total. The lowest BCUT2D eigenvalue weighted by atomic mass is 9.95. The van der Waals surface area contributed by atoms with Gasteiger partial charge in [-0.25, -0.2) is 4.79 Å². The maximum Gasteiger partial charge on any atom is 0.329 e. The van der Waals surface area contributed by atoms with Gasteiger partial charge in [-0.2, -0.15) is 5.10 Å². The number of nitrogens with one attached hydrogen (secondary N) is 1. The van der Waals surface area contributed by atoms with Crippen molar-refractivity contribution in [1.29, 1.82) is 0 Å². The molecule has 6 heteroatoms. The Kier molecular flexibility index (Phi) is 3.12. The summed E-state index contributed by atoms with van der Waals surface area (Å²) in [5.41, 5.74) is 0.626. The molecule has 1 aliphatic rings. The zero-order chi connectivity index (χ0) is 14.4. The summed E-state index contributed by atoms with van der Waals surface area (Å²) in [4.78, 5) is 23.7. The van der Waals surface area contributed by atoms with E-state index >= 15 is 0 Å². The Labute approximate surface area is 111 Å². The van der Waals surface area contributed by atoms with Gasteiger partial charge in [-0.05, 0) is 39.5 Å². The number of carboxylic acids is 1. The van der Waals surface area contributed by atoms with Gasteiger partial charge in [0.1, 0.15) is 5.54 Å². The van der Waals surface area contributed by atoms with Gasteiger partial charge in [-0.3, -0.25) is 9.48 Å². The van der Waals surface area contributed by atoms with Crippen LogP contribution in [0, 0.1) is 19.8 Å². The first-order valence-electron chi connectivity index (χ1n) is 6.33. The fraction of sp³-hybridized carbons (Fsp3) is 0.615. The van der Waals surface area contributed by atoms with Crippen molar-refractivity contribution >= 4 is 11.9 Å². The molecule has 1 aromatic rings. The third kappa shape index (κ3) is 2.22. The van der Waals surface area contributed by atoms with Crippen molar-refractivity contribution in [3.05, 3.63) is 17.0 Å². The first-order chi connectivity index (χ1) is 8.77. The van der Waals surface area contributed by atoms with Crippen molar-refractivity contribution in [1.82, 2.24) is 15.1 Å². The highest BCUT2D eigenvalue weighted by Gasteiger charge is 2.49. The molecular weight excluding hydrogens is 246 g/mol. The third-order valence-corrected chi connectivity index (χ3v) is 3.95. The number of hydrogen-bond donors (Lipinski definition) is 2. The summed E-state index contributed by atoms with van der Waals surface area (Å²) in [7, 11) is 1.76. The maximum atomic E-state index is 12.3. The second kappa shape index (κ2) is 4.36. The smallest absolute Gasteiger partial charge is 0.329 e. The van der Waals surface area contributed by atoms with Gasteiger partial charge in [0.15, 0.2) is 0 Å². The molecule has 1 unspecified atom stereocenters. The van der Waals surface area contributed by atoms with Gasteiger partial charge >= 0.3 is 5.97 Å². The van der Waals surface area contributed by atoms with Crippen LogP contribution < -0.4 is 5.32 Å². The zero-order valence-electron chi connectivity index (χ0n) is 11.6. The molecule has 1 atom stereocenters. The summed E-state index contributed by atoms with van der Waals surface area (Å²) in [6.45, 7) is 5.12. The Morgan fingerprint density at radius 1 is 1.42 bits per heavy atom. The molecule has 0 spiro atoms. The van der Waals surface area contributed by atoms with Crippen molar-refractivity contribution in [3.63, 3.8) is 0 Å². The van der Waals surface area contributed by atoms with Crippen LogP contribution in [0.2, 0.25) is 0 Å². The van der Waals surface area contributed by atoms with Crippen molar-refractivity contribution in [2.45, 2.75) is 39.2 Å². The molecule has 0 radical (unpaired) electrons. The number of carbonyl (C=O) groups excluding carboxylic acids is 1. The summed E-state index contributed by atoms with van der Waals surface area (Å²) in [6.07, 6.45) is 1.68. The van der Waals surface area contributed by atoms with E-state index in [1.165, 1.54) is 0 Å². The molecule has 104 valence electrons. The highest BCUT2D eigenvalue weighted by atomic mass is 16.4. The molecule has 19 heavy (non-hydrogen) atoms. The van der Waals surface area contributed by atoms with Crippen molar-refractivity contribution in [2.24, 2.45) is 13.0 Å². The Hall–Kier alpha value is -1.85. The summed E-state index contributed by atoms with van der Waals surface area (Å²) in [5, 5.41) is 16.2. The van der Waals surface area contributed by atoms with E-state index in [0.29, 0.717) is 11.3 Å². The highest BCUT2D eigenvalue weighted by molar-refractivity contribution is 5.99. The van der Waals surface area contributed by atoms with Crippen molar-refractivity contribution in [2.75, 3.05) is 0 Å². The summed E-state index contributed by atoms with van der Waals surface area (Å²) < 4.78 is 1.62. The largest absolute Gasteiger partial charge is 0.480 e. The Balaban J connectivity index is 2.27. The van der Waals surface area contributed by atoms with E-state index in [2.05, 4.69) is 10.4 Å². The number of rotatable bonds is 4. The van der Waals surface area contributed by atoms with Crippen LogP contribution in [-0.2, 0) is 11.8 Å². The molecule has 1 aromatic heterocycles. The number of aromatic nitrogens is 2. The average molecular weight is 265 g/mol. The lowest BCUT2D eigenvalue weighted by molar-refractivity contribution is -0.144. The lowest BCUT2D eigenvalue weighted by Gasteiger charge is -2.26. The van der Waals surface area contributed by atoms with Crippen molar-refractivity contribution in [3.8, 4) is 0 Å². The maximum absolute atomic E-state index is 12.3. The fourth-order valence-electron chi connectivity index (χ4n) is 2.39. The third-order valence-electron chi connectivity index (χ3n) is 3.95. The minimum absolute atomic E-state index is 0.0197. The number of aliphatic carboxylic acids is 1. The number of carbonyl (C=O) groups is 2. The molecule has 0 saturated heterocycles. The van der Waals surface area contributed by atoms with Gasteiger partial charge in [-0.15, -0.1) is 0 Å². The van der Waals surface area contributed by atoms with Crippen LogP contribution in [0.15, 0.2) is 0 Å².